The molecule has 0 radical (unpaired) electrons. The van der Waals surface area contributed by atoms with Crippen LogP contribution in [0, 0.1) is 6.92 Å². The molecule has 0 unspecified atom stereocenters. The van der Waals surface area contributed by atoms with Crippen LogP contribution in [-0.2, 0) is 11.3 Å². The quantitative estimate of drug-likeness (QED) is 0.582. The molecule has 0 saturated carbocycles. The highest BCUT2D eigenvalue weighted by atomic mass is 32.1. The minimum atomic E-state index is 0.0350. The summed E-state index contributed by atoms with van der Waals surface area (Å²) in [6.07, 6.45) is 0.554. The van der Waals surface area contributed by atoms with Gasteiger partial charge in [0.1, 0.15) is 5.01 Å². The Balaban J connectivity index is 1.24. The number of fused-ring (bicyclic) bond motifs is 1. The Morgan fingerprint density at radius 3 is 2.41 bits per heavy atom. The minimum Gasteiger partial charge on any atom is -0.340 e. The SMILES string of the molecule is Cc1ccc(C(=O)CCC(=O)N2CCN(Cc3nc4ccccc4s3)CC2)cc1. The first-order chi connectivity index (χ1) is 14.1. The molecule has 0 bridgehead atoms. The molecule has 0 N–H and O–H groups in total. The zero-order valence-corrected chi connectivity index (χ0v) is 17.5. The molecule has 1 fully saturated rings. The fraction of sp³-hybridized carbons (Fsp3) is 0.348. The molecule has 6 heteroatoms. The summed E-state index contributed by atoms with van der Waals surface area (Å²) in [5.41, 5.74) is 2.87. The van der Waals surface area contributed by atoms with Crippen LogP contribution in [0.2, 0.25) is 0 Å². The number of hydrogen-bond acceptors (Lipinski definition) is 5. The predicted octanol–water partition coefficient (Wildman–Crippen LogP) is 3.91. The summed E-state index contributed by atoms with van der Waals surface area (Å²) in [6, 6.07) is 15.7. The lowest BCUT2D eigenvalue weighted by Gasteiger charge is -2.34. The summed E-state index contributed by atoms with van der Waals surface area (Å²) in [5, 5.41) is 1.12. The van der Waals surface area contributed by atoms with Gasteiger partial charge in [-0.2, -0.15) is 0 Å². The maximum Gasteiger partial charge on any atom is 0.223 e. The number of piperazine rings is 1. The summed E-state index contributed by atoms with van der Waals surface area (Å²) in [7, 11) is 0. The van der Waals surface area contributed by atoms with Gasteiger partial charge in [-0.25, -0.2) is 4.98 Å². The van der Waals surface area contributed by atoms with Crippen LogP contribution in [0.25, 0.3) is 10.2 Å². The van der Waals surface area contributed by atoms with E-state index in [9.17, 15) is 9.59 Å². The van der Waals surface area contributed by atoms with Gasteiger partial charge in [0.25, 0.3) is 0 Å². The molecular weight excluding hydrogens is 382 g/mol. The maximum absolute atomic E-state index is 12.5. The van der Waals surface area contributed by atoms with Crippen molar-refractivity contribution >= 4 is 33.2 Å². The van der Waals surface area contributed by atoms with E-state index in [1.807, 2.05) is 54.3 Å². The molecule has 0 spiro atoms. The number of ketones is 1. The Morgan fingerprint density at radius 2 is 1.69 bits per heavy atom. The van der Waals surface area contributed by atoms with Gasteiger partial charge in [-0.3, -0.25) is 14.5 Å². The standard InChI is InChI=1S/C23H25N3O2S/c1-17-6-8-18(9-7-17)20(27)10-11-23(28)26-14-12-25(13-15-26)16-22-24-19-4-2-3-5-21(19)29-22/h2-9H,10-16H2,1H3. The second-order valence-electron chi connectivity index (χ2n) is 7.52. The Morgan fingerprint density at radius 1 is 0.966 bits per heavy atom. The van der Waals surface area contributed by atoms with Crippen molar-refractivity contribution < 1.29 is 9.59 Å². The van der Waals surface area contributed by atoms with Crippen LogP contribution in [0.15, 0.2) is 48.5 Å². The van der Waals surface area contributed by atoms with E-state index < -0.39 is 0 Å². The van der Waals surface area contributed by atoms with E-state index in [4.69, 9.17) is 4.98 Å². The third-order valence-electron chi connectivity index (χ3n) is 5.36. The molecule has 1 aliphatic heterocycles. The van der Waals surface area contributed by atoms with E-state index in [1.54, 1.807) is 11.3 Å². The van der Waals surface area contributed by atoms with E-state index in [0.717, 1.165) is 35.7 Å². The number of amides is 1. The van der Waals surface area contributed by atoms with Crippen LogP contribution >= 0.6 is 11.3 Å². The lowest BCUT2D eigenvalue weighted by Crippen LogP contribution is -2.48. The maximum atomic E-state index is 12.5. The van der Waals surface area contributed by atoms with Gasteiger partial charge < -0.3 is 4.90 Å². The van der Waals surface area contributed by atoms with E-state index >= 15 is 0 Å². The van der Waals surface area contributed by atoms with E-state index in [2.05, 4.69) is 11.0 Å². The summed E-state index contributed by atoms with van der Waals surface area (Å²) in [4.78, 5) is 33.7. The molecule has 150 valence electrons. The molecule has 4 rings (SSSR count). The van der Waals surface area contributed by atoms with Crippen molar-refractivity contribution in [2.24, 2.45) is 0 Å². The number of Topliss-reactive ketones (excluding diaryl/α,β-unsaturated/α-hetero) is 1. The van der Waals surface area contributed by atoms with Crippen molar-refractivity contribution in [1.82, 2.24) is 14.8 Å². The summed E-state index contributed by atoms with van der Waals surface area (Å²) >= 11 is 1.74. The van der Waals surface area contributed by atoms with Crippen molar-refractivity contribution in [3.63, 3.8) is 0 Å². The zero-order valence-electron chi connectivity index (χ0n) is 16.6. The molecule has 3 aromatic rings. The monoisotopic (exact) mass is 407 g/mol. The zero-order chi connectivity index (χ0) is 20.2. The van der Waals surface area contributed by atoms with Gasteiger partial charge in [0.2, 0.25) is 5.91 Å². The van der Waals surface area contributed by atoms with Crippen LogP contribution in [-0.4, -0.2) is 52.7 Å². The van der Waals surface area contributed by atoms with Gasteiger partial charge in [0.05, 0.1) is 16.8 Å². The average molecular weight is 408 g/mol. The fourth-order valence-corrected chi connectivity index (χ4v) is 4.61. The second-order valence-corrected chi connectivity index (χ2v) is 8.64. The van der Waals surface area contributed by atoms with Crippen molar-refractivity contribution in [1.29, 1.82) is 0 Å². The fourth-order valence-electron chi connectivity index (χ4n) is 3.60. The molecular formula is C23H25N3O2S. The van der Waals surface area contributed by atoms with Gasteiger partial charge in [0.15, 0.2) is 5.78 Å². The second kappa shape index (κ2) is 8.84. The Labute approximate surface area is 175 Å². The van der Waals surface area contributed by atoms with E-state index in [0.29, 0.717) is 18.7 Å². The Kier molecular flexibility index (Phi) is 6.02. The van der Waals surface area contributed by atoms with Gasteiger partial charge in [-0.05, 0) is 19.1 Å². The number of aryl methyl sites for hydroxylation is 1. The van der Waals surface area contributed by atoms with Crippen LogP contribution in [0.5, 0.6) is 0 Å². The highest BCUT2D eigenvalue weighted by Gasteiger charge is 2.22. The lowest BCUT2D eigenvalue weighted by molar-refractivity contribution is -0.132. The average Bonchev–Trinajstić information content (AvgIpc) is 3.15. The molecule has 0 atom stereocenters. The van der Waals surface area contributed by atoms with Gasteiger partial charge in [-0.1, -0.05) is 42.0 Å². The number of para-hydroxylation sites is 1. The largest absolute Gasteiger partial charge is 0.340 e. The highest BCUT2D eigenvalue weighted by Crippen LogP contribution is 2.23. The first-order valence-corrected chi connectivity index (χ1v) is 10.8. The number of hydrogen-bond donors (Lipinski definition) is 0. The number of rotatable bonds is 6. The third-order valence-corrected chi connectivity index (χ3v) is 6.38. The number of nitrogens with zero attached hydrogens (tertiary/aromatic N) is 3. The van der Waals surface area contributed by atoms with E-state index in [1.165, 1.54) is 4.70 Å². The molecule has 0 aliphatic carbocycles. The van der Waals surface area contributed by atoms with Gasteiger partial charge >= 0.3 is 0 Å². The summed E-state index contributed by atoms with van der Waals surface area (Å²) in [6.45, 7) is 5.92. The lowest BCUT2D eigenvalue weighted by atomic mass is 10.0. The Bertz CT molecular complexity index is 971. The molecule has 2 aromatic carbocycles. The Hall–Kier alpha value is -2.57. The number of aromatic nitrogens is 1. The normalized spacial score (nSPS) is 15.0. The minimum absolute atomic E-state index is 0.0350. The highest BCUT2D eigenvalue weighted by molar-refractivity contribution is 7.18. The number of benzene rings is 2. The van der Waals surface area contributed by atoms with Crippen molar-refractivity contribution in [2.75, 3.05) is 26.2 Å². The summed E-state index contributed by atoms with van der Waals surface area (Å²) in [5.74, 6) is 0.109. The summed E-state index contributed by atoms with van der Waals surface area (Å²) < 4.78 is 1.22. The molecule has 1 saturated heterocycles. The number of carbonyl (C=O) groups excluding carboxylic acids is 2. The molecule has 1 aliphatic rings. The smallest absolute Gasteiger partial charge is 0.223 e. The van der Waals surface area contributed by atoms with Crippen LogP contribution in [0.4, 0.5) is 0 Å². The first-order valence-electron chi connectivity index (χ1n) is 10.0. The van der Waals surface area contributed by atoms with Gasteiger partial charge in [0, 0.05) is 44.6 Å². The van der Waals surface area contributed by atoms with Crippen molar-refractivity contribution in [2.45, 2.75) is 26.3 Å². The van der Waals surface area contributed by atoms with Crippen molar-refractivity contribution in [3.05, 3.63) is 64.7 Å². The van der Waals surface area contributed by atoms with E-state index in [-0.39, 0.29) is 24.5 Å². The third kappa shape index (κ3) is 4.89. The molecule has 2 heterocycles. The van der Waals surface area contributed by atoms with Crippen molar-refractivity contribution in [3.8, 4) is 0 Å². The molecule has 29 heavy (non-hydrogen) atoms. The first kappa shape index (κ1) is 19.7. The molecule has 1 aromatic heterocycles. The number of thiazole rings is 1. The molecule has 1 amide bonds. The van der Waals surface area contributed by atoms with Crippen LogP contribution in [0.1, 0.15) is 33.8 Å². The predicted molar refractivity (Wildman–Crippen MR) is 116 cm³/mol. The number of carbonyl (C=O) groups is 2. The van der Waals surface area contributed by atoms with Crippen LogP contribution < -0.4 is 0 Å². The molecule has 5 nitrogen and oxygen atoms in total. The van der Waals surface area contributed by atoms with Gasteiger partial charge in [-0.15, -0.1) is 11.3 Å². The van der Waals surface area contributed by atoms with Crippen LogP contribution in [0.3, 0.4) is 0 Å². The topological polar surface area (TPSA) is 53.5 Å².